The second-order valence-corrected chi connectivity index (χ2v) is 5.88. The number of para-hydroxylation sites is 1. The summed E-state index contributed by atoms with van der Waals surface area (Å²) in [5.41, 5.74) is 1.10. The summed E-state index contributed by atoms with van der Waals surface area (Å²) in [5.74, 6) is 0.545. The van der Waals surface area contributed by atoms with Gasteiger partial charge in [-0.1, -0.05) is 6.07 Å². The van der Waals surface area contributed by atoms with E-state index in [-0.39, 0.29) is 12.3 Å². The van der Waals surface area contributed by atoms with E-state index in [1.54, 1.807) is 20.1 Å². The molecule has 27 heavy (non-hydrogen) atoms. The summed E-state index contributed by atoms with van der Waals surface area (Å²) in [6.45, 7) is 6.49. The van der Waals surface area contributed by atoms with Gasteiger partial charge in [0, 0.05) is 19.6 Å². The van der Waals surface area contributed by atoms with Crippen molar-refractivity contribution in [1.82, 2.24) is 20.3 Å². The fraction of sp³-hybridized carbons (Fsp3) is 0.500. The molecule has 0 atom stereocenters. The summed E-state index contributed by atoms with van der Waals surface area (Å²) in [6, 6.07) is 5.43. The number of benzene rings is 1. The Kier molecular flexibility index (Phi) is 6.61. The Morgan fingerprint density at radius 1 is 1.30 bits per heavy atom. The maximum atomic E-state index is 12.2. The van der Waals surface area contributed by atoms with E-state index in [1.807, 2.05) is 12.1 Å². The van der Waals surface area contributed by atoms with Crippen LogP contribution >= 0.6 is 0 Å². The predicted octanol–water partition coefficient (Wildman–Crippen LogP) is 1.37. The van der Waals surface area contributed by atoms with Gasteiger partial charge in [-0.25, -0.2) is 4.79 Å². The molecule has 2 aromatic rings. The largest absolute Gasteiger partial charge is 0.493 e. The van der Waals surface area contributed by atoms with Crippen LogP contribution in [-0.4, -0.2) is 79.5 Å². The number of H-pyrrole nitrogens is 1. The number of hydrogen-bond acceptors (Lipinski definition) is 8. The van der Waals surface area contributed by atoms with Crippen molar-refractivity contribution in [3.05, 3.63) is 23.9 Å². The first-order chi connectivity index (χ1) is 13.2. The number of carbonyl (C=O) groups is 1. The zero-order valence-electron chi connectivity index (χ0n) is 15.6. The number of morpholine rings is 1. The molecule has 0 radical (unpaired) electrons. The molecule has 0 bridgehead atoms. The van der Waals surface area contributed by atoms with Crippen LogP contribution in [0, 0.1) is 0 Å². The second-order valence-electron chi connectivity index (χ2n) is 5.88. The summed E-state index contributed by atoms with van der Waals surface area (Å²) in [6.07, 6.45) is 0. The van der Waals surface area contributed by atoms with E-state index >= 15 is 0 Å². The van der Waals surface area contributed by atoms with Gasteiger partial charge in [0.1, 0.15) is 12.3 Å². The van der Waals surface area contributed by atoms with Gasteiger partial charge in [-0.05, 0) is 19.1 Å². The first kappa shape index (κ1) is 19.1. The molecule has 1 N–H and O–H groups in total. The quantitative estimate of drug-likeness (QED) is 0.690. The number of aromatic nitrogens is 3. The fourth-order valence-electron chi connectivity index (χ4n) is 2.87. The topological polar surface area (TPSA) is 98.8 Å². The van der Waals surface area contributed by atoms with Crippen LogP contribution in [-0.2, 0) is 9.47 Å². The third-order valence-electron chi connectivity index (χ3n) is 4.23. The van der Waals surface area contributed by atoms with E-state index in [4.69, 9.17) is 18.9 Å². The van der Waals surface area contributed by atoms with Gasteiger partial charge in [0.05, 0.1) is 32.5 Å². The van der Waals surface area contributed by atoms with Crippen molar-refractivity contribution in [3.8, 4) is 22.8 Å². The average Bonchev–Trinajstić information content (AvgIpc) is 3.19. The van der Waals surface area contributed by atoms with Gasteiger partial charge in [-0.2, -0.15) is 10.3 Å². The van der Waals surface area contributed by atoms with Crippen LogP contribution in [0.25, 0.3) is 11.3 Å². The lowest BCUT2D eigenvalue weighted by Gasteiger charge is -2.26. The minimum atomic E-state index is -0.539. The Bertz CT molecular complexity index is 758. The fourth-order valence-corrected chi connectivity index (χ4v) is 2.87. The average molecular weight is 376 g/mol. The van der Waals surface area contributed by atoms with Gasteiger partial charge >= 0.3 is 5.97 Å². The highest BCUT2D eigenvalue weighted by Gasteiger charge is 2.24. The molecule has 0 spiro atoms. The predicted molar refractivity (Wildman–Crippen MR) is 97.1 cm³/mol. The van der Waals surface area contributed by atoms with Crippen LogP contribution in [0.4, 0.5) is 0 Å². The third kappa shape index (κ3) is 4.55. The number of rotatable bonds is 8. The van der Waals surface area contributed by atoms with Crippen LogP contribution in [0.5, 0.6) is 11.5 Å². The molecule has 1 aliphatic rings. The molecule has 9 nitrogen and oxygen atoms in total. The van der Waals surface area contributed by atoms with E-state index in [2.05, 4.69) is 20.3 Å². The number of esters is 1. The number of ether oxygens (including phenoxy) is 4. The number of nitrogens with one attached hydrogen (secondary N) is 1. The third-order valence-corrected chi connectivity index (χ3v) is 4.23. The van der Waals surface area contributed by atoms with Crippen LogP contribution in [0.3, 0.4) is 0 Å². The maximum absolute atomic E-state index is 12.2. The molecule has 1 aromatic carbocycles. The lowest BCUT2D eigenvalue weighted by Crippen LogP contribution is -2.38. The van der Waals surface area contributed by atoms with Gasteiger partial charge < -0.3 is 18.9 Å². The Morgan fingerprint density at radius 2 is 2.11 bits per heavy atom. The highest BCUT2D eigenvalue weighted by molar-refractivity contribution is 5.95. The molecular weight excluding hydrogens is 352 g/mol. The molecule has 9 heteroatoms. The Labute approximate surface area is 157 Å². The van der Waals surface area contributed by atoms with Gasteiger partial charge in [0.25, 0.3) is 0 Å². The molecule has 1 fully saturated rings. The van der Waals surface area contributed by atoms with Crippen molar-refractivity contribution < 1.29 is 23.7 Å². The standard InChI is InChI=1S/C18H24N4O5/c1-3-26-18(23)16-15(19-21-20-16)13-5-4-6-14(24-2)17(13)27-12-9-22-7-10-25-11-8-22/h4-6H,3,7-12H2,1-2H3,(H,19,20,21). The molecular formula is C18H24N4O5. The second kappa shape index (κ2) is 9.33. The van der Waals surface area contributed by atoms with Gasteiger partial charge in [0.15, 0.2) is 17.2 Å². The number of carbonyl (C=O) groups excluding carboxylic acids is 1. The first-order valence-corrected chi connectivity index (χ1v) is 8.92. The number of aromatic amines is 1. The zero-order valence-corrected chi connectivity index (χ0v) is 15.6. The van der Waals surface area contributed by atoms with Crippen LogP contribution in [0.2, 0.25) is 0 Å². The van der Waals surface area contributed by atoms with Gasteiger partial charge in [-0.3, -0.25) is 4.90 Å². The number of nitrogens with zero attached hydrogens (tertiary/aromatic N) is 3. The van der Waals surface area contributed by atoms with E-state index in [9.17, 15) is 4.79 Å². The van der Waals surface area contributed by atoms with Crippen LogP contribution in [0.15, 0.2) is 18.2 Å². The van der Waals surface area contributed by atoms with E-state index in [1.165, 1.54) is 0 Å². The van der Waals surface area contributed by atoms with E-state index in [0.717, 1.165) is 32.8 Å². The van der Waals surface area contributed by atoms with Crippen molar-refractivity contribution in [2.75, 3.05) is 53.2 Å². The molecule has 1 saturated heterocycles. The Morgan fingerprint density at radius 3 is 2.85 bits per heavy atom. The van der Waals surface area contributed by atoms with Crippen LogP contribution in [0.1, 0.15) is 17.4 Å². The van der Waals surface area contributed by atoms with Gasteiger partial charge in [0.2, 0.25) is 0 Å². The van der Waals surface area contributed by atoms with Crippen molar-refractivity contribution in [2.45, 2.75) is 6.92 Å². The summed E-state index contributed by atoms with van der Waals surface area (Å²) in [5, 5.41) is 10.5. The van der Waals surface area contributed by atoms with Crippen LogP contribution < -0.4 is 9.47 Å². The van der Waals surface area contributed by atoms with E-state index in [0.29, 0.717) is 29.4 Å². The van der Waals surface area contributed by atoms with Crippen molar-refractivity contribution in [3.63, 3.8) is 0 Å². The Balaban J connectivity index is 1.81. The number of hydrogen-bond donors (Lipinski definition) is 1. The maximum Gasteiger partial charge on any atom is 0.361 e. The van der Waals surface area contributed by atoms with Gasteiger partial charge in [-0.15, -0.1) is 5.10 Å². The molecule has 2 heterocycles. The highest BCUT2D eigenvalue weighted by Crippen LogP contribution is 2.38. The van der Waals surface area contributed by atoms with E-state index < -0.39 is 5.97 Å². The van der Waals surface area contributed by atoms with Crippen molar-refractivity contribution in [1.29, 1.82) is 0 Å². The lowest BCUT2D eigenvalue weighted by molar-refractivity contribution is 0.0321. The molecule has 0 saturated carbocycles. The smallest absolute Gasteiger partial charge is 0.361 e. The molecule has 0 unspecified atom stereocenters. The molecule has 1 aliphatic heterocycles. The normalized spacial score (nSPS) is 14.7. The Hall–Kier alpha value is -2.65. The molecule has 146 valence electrons. The minimum absolute atomic E-state index is 0.114. The lowest BCUT2D eigenvalue weighted by atomic mass is 10.1. The number of methoxy groups -OCH3 is 1. The molecule has 0 amide bonds. The molecule has 0 aliphatic carbocycles. The monoisotopic (exact) mass is 376 g/mol. The molecule has 1 aromatic heterocycles. The summed E-state index contributed by atoms with van der Waals surface area (Å²) >= 11 is 0. The summed E-state index contributed by atoms with van der Waals surface area (Å²) in [7, 11) is 1.57. The SMILES string of the molecule is CCOC(=O)c1n[nH]nc1-c1cccc(OC)c1OCCN1CCOCC1. The zero-order chi connectivity index (χ0) is 19.1. The highest BCUT2D eigenvalue weighted by atomic mass is 16.5. The van der Waals surface area contributed by atoms with Crippen molar-refractivity contribution in [2.24, 2.45) is 0 Å². The summed E-state index contributed by atoms with van der Waals surface area (Å²) < 4.78 is 21.9. The van der Waals surface area contributed by atoms with Crippen molar-refractivity contribution >= 4 is 5.97 Å². The molecule has 3 rings (SSSR count). The summed E-state index contributed by atoms with van der Waals surface area (Å²) in [4.78, 5) is 14.4. The minimum Gasteiger partial charge on any atom is -0.493 e. The first-order valence-electron chi connectivity index (χ1n) is 8.92.